The number of nitrogens with one attached hydrogen (secondary N) is 2. The number of hydrogen-bond acceptors (Lipinski definition) is 4. The number of amides is 2. The first-order valence-corrected chi connectivity index (χ1v) is 7.37. The number of carbonyl (C=O) groups is 3. The van der Waals surface area contributed by atoms with Crippen LogP contribution >= 0.6 is 0 Å². The van der Waals surface area contributed by atoms with Crippen molar-refractivity contribution in [3.05, 3.63) is 54.1 Å². The molecule has 0 aromatic heterocycles. The van der Waals surface area contributed by atoms with Crippen LogP contribution in [0.4, 0.5) is 11.4 Å². The third-order valence-electron chi connectivity index (χ3n) is 3.03. The van der Waals surface area contributed by atoms with E-state index in [0.29, 0.717) is 17.1 Å². The molecule has 0 radical (unpaired) electrons. The average Bonchev–Trinajstić information content (AvgIpc) is 2.50. The number of anilines is 2. The van der Waals surface area contributed by atoms with Gasteiger partial charge in [0.05, 0.1) is 6.42 Å². The zero-order chi connectivity index (χ0) is 17.5. The van der Waals surface area contributed by atoms with E-state index in [1.165, 1.54) is 13.8 Å². The van der Waals surface area contributed by atoms with Gasteiger partial charge in [-0.1, -0.05) is 12.1 Å². The Morgan fingerprint density at radius 1 is 0.792 bits per heavy atom. The monoisotopic (exact) mass is 326 g/mol. The van der Waals surface area contributed by atoms with Crippen LogP contribution in [0.2, 0.25) is 0 Å². The Hall–Kier alpha value is -3.15. The van der Waals surface area contributed by atoms with Crippen molar-refractivity contribution in [1.29, 1.82) is 0 Å². The van der Waals surface area contributed by atoms with Crippen molar-refractivity contribution in [1.82, 2.24) is 0 Å². The molecule has 2 amide bonds. The molecule has 0 aliphatic heterocycles. The van der Waals surface area contributed by atoms with Gasteiger partial charge in [0.1, 0.15) is 5.75 Å². The summed E-state index contributed by atoms with van der Waals surface area (Å²) in [5.41, 5.74) is 2.09. The van der Waals surface area contributed by atoms with E-state index in [-0.39, 0.29) is 18.2 Å². The van der Waals surface area contributed by atoms with E-state index >= 15 is 0 Å². The van der Waals surface area contributed by atoms with E-state index in [0.717, 1.165) is 5.56 Å². The molecule has 2 aromatic carbocycles. The van der Waals surface area contributed by atoms with Gasteiger partial charge in [-0.3, -0.25) is 14.4 Å². The highest BCUT2D eigenvalue weighted by Crippen LogP contribution is 2.17. The summed E-state index contributed by atoms with van der Waals surface area (Å²) in [6, 6.07) is 13.5. The molecule has 124 valence electrons. The first kappa shape index (κ1) is 17.2. The van der Waals surface area contributed by atoms with E-state index < -0.39 is 5.97 Å². The summed E-state index contributed by atoms with van der Waals surface area (Å²) >= 11 is 0. The van der Waals surface area contributed by atoms with E-state index in [2.05, 4.69) is 10.6 Å². The summed E-state index contributed by atoms with van der Waals surface area (Å²) in [5.74, 6) is -0.300. The van der Waals surface area contributed by atoms with Gasteiger partial charge in [-0.15, -0.1) is 0 Å². The molecule has 0 saturated heterocycles. The third kappa shape index (κ3) is 5.57. The molecule has 2 aromatic rings. The second-order valence-corrected chi connectivity index (χ2v) is 5.23. The highest BCUT2D eigenvalue weighted by atomic mass is 16.5. The van der Waals surface area contributed by atoms with Crippen molar-refractivity contribution in [3.63, 3.8) is 0 Å². The molecule has 2 N–H and O–H groups in total. The lowest BCUT2D eigenvalue weighted by Crippen LogP contribution is -2.12. The Kier molecular flexibility index (Phi) is 5.68. The largest absolute Gasteiger partial charge is 0.426 e. The summed E-state index contributed by atoms with van der Waals surface area (Å²) in [6.07, 6.45) is 0.119. The summed E-state index contributed by atoms with van der Waals surface area (Å²) in [7, 11) is 0. The molecule has 24 heavy (non-hydrogen) atoms. The maximum atomic E-state index is 11.9. The van der Waals surface area contributed by atoms with Gasteiger partial charge in [-0.25, -0.2) is 0 Å². The van der Waals surface area contributed by atoms with Crippen LogP contribution in [0.3, 0.4) is 0 Å². The van der Waals surface area contributed by atoms with Gasteiger partial charge >= 0.3 is 5.97 Å². The van der Waals surface area contributed by atoms with Gasteiger partial charge in [0, 0.05) is 25.2 Å². The lowest BCUT2D eigenvalue weighted by Gasteiger charge is -2.07. The standard InChI is InChI=1S/C18H18N2O4/c1-12(21)19-15-5-3-14(4-6-15)11-18(23)24-17-9-7-16(8-10-17)20-13(2)22/h3-10H,11H2,1-2H3,(H,19,21)(H,20,22). The first-order chi connectivity index (χ1) is 11.4. The number of esters is 1. The minimum atomic E-state index is -0.394. The molecule has 0 heterocycles. The van der Waals surface area contributed by atoms with Gasteiger partial charge in [-0.2, -0.15) is 0 Å². The number of hydrogen-bond donors (Lipinski definition) is 2. The Balaban J connectivity index is 1.90. The van der Waals surface area contributed by atoms with Gasteiger partial charge in [0.2, 0.25) is 11.8 Å². The molecular formula is C18H18N2O4. The van der Waals surface area contributed by atoms with Gasteiger partial charge < -0.3 is 15.4 Å². The van der Waals surface area contributed by atoms with Crippen molar-refractivity contribution < 1.29 is 19.1 Å². The number of rotatable bonds is 5. The molecule has 0 aliphatic rings. The van der Waals surface area contributed by atoms with Crippen LogP contribution in [0, 0.1) is 0 Å². The number of ether oxygens (including phenoxy) is 1. The predicted octanol–water partition coefficient (Wildman–Crippen LogP) is 2.75. The summed E-state index contributed by atoms with van der Waals surface area (Å²) in [4.78, 5) is 33.8. The van der Waals surface area contributed by atoms with Gasteiger partial charge in [-0.05, 0) is 42.0 Å². The molecule has 0 atom stereocenters. The van der Waals surface area contributed by atoms with Crippen LogP contribution in [0.1, 0.15) is 19.4 Å². The van der Waals surface area contributed by atoms with Crippen LogP contribution in [0.25, 0.3) is 0 Å². The minimum Gasteiger partial charge on any atom is -0.426 e. The smallest absolute Gasteiger partial charge is 0.315 e. The molecule has 0 fully saturated rings. The van der Waals surface area contributed by atoms with Crippen LogP contribution < -0.4 is 15.4 Å². The fraction of sp³-hybridized carbons (Fsp3) is 0.167. The van der Waals surface area contributed by atoms with E-state index in [1.54, 1.807) is 48.5 Å². The zero-order valence-corrected chi connectivity index (χ0v) is 13.5. The fourth-order valence-electron chi connectivity index (χ4n) is 2.05. The van der Waals surface area contributed by atoms with Crippen LogP contribution in [-0.2, 0) is 20.8 Å². The molecule has 0 aliphatic carbocycles. The molecule has 0 spiro atoms. The van der Waals surface area contributed by atoms with Crippen molar-refractivity contribution in [2.24, 2.45) is 0 Å². The highest BCUT2D eigenvalue weighted by molar-refractivity contribution is 5.89. The summed E-state index contributed by atoms with van der Waals surface area (Å²) in [6.45, 7) is 2.85. The Bertz CT molecular complexity index is 673. The molecule has 0 bridgehead atoms. The van der Waals surface area contributed by atoms with Crippen molar-refractivity contribution in [2.45, 2.75) is 20.3 Å². The van der Waals surface area contributed by atoms with E-state index in [4.69, 9.17) is 4.74 Å². The van der Waals surface area contributed by atoms with Crippen LogP contribution in [0.5, 0.6) is 5.75 Å². The molecule has 2 rings (SSSR count). The SMILES string of the molecule is CC(=O)Nc1ccc(CC(=O)Oc2ccc(NC(C)=O)cc2)cc1. The Morgan fingerprint density at radius 3 is 1.71 bits per heavy atom. The lowest BCUT2D eigenvalue weighted by molar-refractivity contribution is -0.133. The topological polar surface area (TPSA) is 84.5 Å². The third-order valence-corrected chi connectivity index (χ3v) is 3.03. The van der Waals surface area contributed by atoms with Crippen LogP contribution in [0.15, 0.2) is 48.5 Å². The molecule has 0 saturated carbocycles. The highest BCUT2D eigenvalue weighted by Gasteiger charge is 2.07. The van der Waals surface area contributed by atoms with E-state index in [9.17, 15) is 14.4 Å². The summed E-state index contributed by atoms with van der Waals surface area (Å²) < 4.78 is 5.25. The molecular weight excluding hydrogens is 308 g/mol. The second-order valence-electron chi connectivity index (χ2n) is 5.23. The minimum absolute atomic E-state index is 0.119. The molecule has 0 unspecified atom stereocenters. The fourth-order valence-corrected chi connectivity index (χ4v) is 2.05. The lowest BCUT2D eigenvalue weighted by atomic mass is 10.1. The maximum absolute atomic E-state index is 11.9. The molecule has 6 heteroatoms. The quantitative estimate of drug-likeness (QED) is 0.653. The van der Waals surface area contributed by atoms with Crippen LogP contribution in [-0.4, -0.2) is 17.8 Å². The normalized spacial score (nSPS) is 9.92. The average molecular weight is 326 g/mol. The summed E-state index contributed by atoms with van der Waals surface area (Å²) in [5, 5.41) is 5.29. The molecule has 6 nitrogen and oxygen atoms in total. The van der Waals surface area contributed by atoms with Crippen molar-refractivity contribution >= 4 is 29.2 Å². The number of carbonyl (C=O) groups excluding carboxylic acids is 3. The Morgan fingerprint density at radius 2 is 1.25 bits per heavy atom. The second kappa shape index (κ2) is 7.92. The maximum Gasteiger partial charge on any atom is 0.315 e. The van der Waals surface area contributed by atoms with Gasteiger partial charge in [0.25, 0.3) is 0 Å². The van der Waals surface area contributed by atoms with E-state index in [1.807, 2.05) is 0 Å². The first-order valence-electron chi connectivity index (χ1n) is 7.37. The number of benzene rings is 2. The van der Waals surface area contributed by atoms with Gasteiger partial charge in [0.15, 0.2) is 0 Å². The van der Waals surface area contributed by atoms with Crippen molar-refractivity contribution in [3.8, 4) is 5.75 Å². The van der Waals surface area contributed by atoms with Crippen molar-refractivity contribution in [2.75, 3.05) is 10.6 Å². The Labute approximate surface area is 139 Å². The zero-order valence-electron chi connectivity index (χ0n) is 13.5. The predicted molar refractivity (Wildman–Crippen MR) is 90.8 cm³/mol.